The maximum absolute atomic E-state index is 12.9. The van der Waals surface area contributed by atoms with Gasteiger partial charge in [-0.25, -0.2) is 4.39 Å². The van der Waals surface area contributed by atoms with E-state index in [0.29, 0.717) is 26.1 Å². The van der Waals surface area contributed by atoms with Gasteiger partial charge in [-0.15, -0.1) is 0 Å². The molecule has 21 heavy (non-hydrogen) atoms. The molecule has 2 unspecified atom stereocenters. The van der Waals surface area contributed by atoms with E-state index < -0.39 is 0 Å². The molecule has 1 heterocycles. The van der Waals surface area contributed by atoms with E-state index in [0.717, 1.165) is 18.4 Å². The summed E-state index contributed by atoms with van der Waals surface area (Å²) in [6, 6.07) is 6.40. The highest BCUT2D eigenvalue weighted by Crippen LogP contribution is 2.23. The van der Waals surface area contributed by atoms with Gasteiger partial charge in [0.2, 0.25) is 5.91 Å². The number of hydrogen-bond donors (Lipinski definition) is 1. The van der Waals surface area contributed by atoms with Crippen LogP contribution in [-0.4, -0.2) is 36.5 Å². The number of morpholine rings is 1. The van der Waals surface area contributed by atoms with Crippen LogP contribution in [0, 0.1) is 5.82 Å². The molecule has 1 amide bonds. The molecule has 1 aliphatic rings. The number of halogens is 1. The third-order valence-electron chi connectivity index (χ3n) is 3.71. The number of benzene rings is 1. The Kier molecular flexibility index (Phi) is 5.70. The van der Waals surface area contributed by atoms with E-state index in [2.05, 4.69) is 0 Å². The van der Waals surface area contributed by atoms with Crippen molar-refractivity contribution in [2.75, 3.05) is 19.7 Å². The van der Waals surface area contributed by atoms with Crippen LogP contribution >= 0.6 is 0 Å². The van der Waals surface area contributed by atoms with Crippen LogP contribution in [0.2, 0.25) is 0 Å². The molecule has 1 saturated heterocycles. The van der Waals surface area contributed by atoms with Gasteiger partial charge in [-0.05, 0) is 37.5 Å². The lowest BCUT2D eigenvalue weighted by molar-refractivity contribution is -0.139. The zero-order valence-electron chi connectivity index (χ0n) is 12.4. The van der Waals surface area contributed by atoms with E-state index in [9.17, 15) is 9.18 Å². The third kappa shape index (κ3) is 4.79. The molecule has 5 heteroatoms. The van der Waals surface area contributed by atoms with E-state index in [4.69, 9.17) is 10.5 Å². The molecule has 0 aliphatic carbocycles. The van der Waals surface area contributed by atoms with Crippen LogP contribution in [0.4, 0.5) is 4.39 Å². The molecule has 0 bridgehead atoms. The van der Waals surface area contributed by atoms with Crippen molar-refractivity contribution >= 4 is 5.91 Å². The van der Waals surface area contributed by atoms with Crippen molar-refractivity contribution in [3.8, 4) is 0 Å². The monoisotopic (exact) mass is 294 g/mol. The first-order chi connectivity index (χ1) is 10.1. The van der Waals surface area contributed by atoms with Gasteiger partial charge >= 0.3 is 0 Å². The van der Waals surface area contributed by atoms with E-state index in [-0.39, 0.29) is 23.9 Å². The second-order valence-electron chi connectivity index (χ2n) is 5.62. The van der Waals surface area contributed by atoms with Gasteiger partial charge in [0.15, 0.2) is 0 Å². The fourth-order valence-corrected chi connectivity index (χ4v) is 2.49. The molecule has 0 saturated carbocycles. The molecular weight excluding hydrogens is 271 g/mol. The molecule has 0 aromatic heterocycles. The Balaban J connectivity index is 1.88. The van der Waals surface area contributed by atoms with E-state index >= 15 is 0 Å². The normalized spacial score (nSPS) is 20.3. The van der Waals surface area contributed by atoms with Gasteiger partial charge in [0, 0.05) is 19.0 Å². The molecule has 1 fully saturated rings. The Morgan fingerprint density at radius 1 is 1.48 bits per heavy atom. The number of carbonyl (C=O) groups excluding carboxylic acids is 1. The smallest absolute Gasteiger partial charge is 0.222 e. The fraction of sp³-hybridized carbons (Fsp3) is 0.562. The summed E-state index contributed by atoms with van der Waals surface area (Å²) in [6.07, 6.45) is 2.03. The highest BCUT2D eigenvalue weighted by Gasteiger charge is 2.25. The summed E-state index contributed by atoms with van der Waals surface area (Å²) in [5, 5.41) is 0. The van der Waals surface area contributed by atoms with E-state index in [1.807, 2.05) is 11.8 Å². The number of ether oxygens (including phenoxy) is 1. The van der Waals surface area contributed by atoms with Crippen LogP contribution in [0.3, 0.4) is 0 Å². The highest BCUT2D eigenvalue weighted by atomic mass is 19.1. The van der Waals surface area contributed by atoms with Crippen LogP contribution in [0.5, 0.6) is 0 Å². The highest BCUT2D eigenvalue weighted by molar-refractivity contribution is 5.76. The van der Waals surface area contributed by atoms with Crippen LogP contribution in [0.15, 0.2) is 24.3 Å². The van der Waals surface area contributed by atoms with Gasteiger partial charge in [-0.2, -0.15) is 0 Å². The minimum Gasteiger partial charge on any atom is -0.370 e. The number of carbonyl (C=O) groups is 1. The standard InChI is InChI=1S/C16H23FN2O2/c1-12(18)3-2-4-16(20)19-9-10-21-15(11-19)13-5-7-14(17)8-6-13/h5-8,12,15H,2-4,9-11,18H2,1H3. The molecular formula is C16H23FN2O2. The Morgan fingerprint density at radius 3 is 2.86 bits per heavy atom. The number of rotatable bonds is 5. The summed E-state index contributed by atoms with van der Waals surface area (Å²) in [5.74, 6) is -0.121. The SMILES string of the molecule is CC(N)CCCC(=O)N1CCOC(c2ccc(F)cc2)C1. The second kappa shape index (κ2) is 7.52. The van der Waals surface area contributed by atoms with Crippen molar-refractivity contribution in [3.05, 3.63) is 35.6 Å². The topological polar surface area (TPSA) is 55.6 Å². The molecule has 1 aromatic carbocycles. The van der Waals surface area contributed by atoms with Crippen molar-refractivity contribution in [1.82, 2.24) is 4.90 Å². The van der Waals surface area contributed by atoms with Crippen LogP contribution in [0.1, 0.15) is 37.9 Å². The lowest BCUT2D eigenvalue weighted by Gasteiger charge is -2.33. The minimum atomic E-state index is -0.265. The Morgan fingerprint density at radius 2 is 2.19 bits per heavy atom. The molecule has 2 atom stereocenters. The quantitative estimate of drug-likeness (QED) is 0.906. The predicted octanol–water partition coefficient (Wildman–Crippen LogP) is 2.24. The van der Waals surface area contributed by atoms with Crippen molar-refractivity contribution < 1.29 is 13.9 Å². The number of amides is 1. The Hall–Kier alpha value is -1.46. The number of nitrogens with zero attached hydrogens (tertiary/aromatic N) is 1. The largest absolute Gasteiger partial charge is 0.370 e. The van der Waals surface area contributed by atoms with Gasteiger partial charge in [-0.1, -0.05) is 12.1 Å². The molecule has 0 radical (unpaired) electrons. The van der Waals surface area contributed by atoms with Crippen LogP contribution in [-0.2, 0) is 9.53 Å². The third-order valence-corrected chi connectivity index (χ3v) is 3.71. The summed E-state index contributed by atoms with van der Waals surface area (Å²) < 4.78 is 18.6. The van der Waals surface area contributed by atoms with Gasteiger partial charge < -0.3 is 15.4 Å². The van der Waals surface area contributed by atoms with Crippen molar-refractivity contribution in [3.63, 3.8) is 0 Å². The first-order valence-corrected chi connectivity index (χ1v) is 7.46. The molecule has 2 N–H and O–H groups in total. The van der Waals surface area contributed by atoms with Crippen molar-refractivity contribution in [2.24, 2.45) is 5.73 Å². The summed E-state index contributed by atoms with van der Waals surface area (Å²) in [6.45, 7) is 3.61. The van der Waals surface area contributed by atoms with Crippen molar-refractivity contribution in [1.29, 1.82) is 0 Å². The Bertz CT molecular complexity index is 462. The minimum absolute atomic E-state index is 0.134. The van der Waals surface area contributed by atoms with Gasteiger partial charge in [-0.3, -0.25) is 4.79 Å². The first kappa shape index (κ1) is 15.9. The zero-order valence-corrected chi connectivity index (χ0v) is 12.4. The molecule has 4 nitrogen and oxygen atoms in total. The predicted molar refractivity (Wildman–Crippen MR) is 79.2 cm³/mol. The molecule has 2 rings (SSSR count). The van der Waals surface area contributed by atoms with Gasteiger partial charge in [0.05, 0.1) is 13.2 Å². The average molecular weight is 294 g/mol. The summed E-state index contributed by atoms with van der Waals surface area (Å²) >= 11 is 0. The zero-order chi connectivity index (χ0) is 15.2. The van der Waals surface area contributed by atoms with E-state index in [1.54, 1.807) is 12.1 Å². The molecule has 0 spiro atoms. The van der Waals surface area contributed by atoms with Crippen LogP contribution < -0.4 is 5.73 Å². The molecule has 1 aromatic rings. The number of nitrogens with two attached hydrogens (primary N) is 1. The average Bonchev–Trinajstić information content (AvgIpc) is 2.47. The number of hydrogen-bond acceptors (Lipinski definition) is 3. The second-order valence-corrected chi connectivity index (χ2v) is 5.62. The van der Waals surface area contributed by atoms with E-state index in [1.165, 1.54) is 12.1 Å². The summed E-state index contributed by atoms with van der Waals surface area (Å²) in [7, 11) is 0. The lowest BCUT2D eigenvalue weighted by atomic mass is 10.1. The molecule has 1 aliphatic heterocycles. The van der Waals surface area contributed by atoms with Crippen LogP contribution in [0.25, 0.3) is 0 Å². The molecule has 116 valence electrons. The van der Waals surface area contributed by atoms with Crippen molar-refractivity contribution in [2.45, 2.75) is 38.3 Å². The maximum Gasteiger partial charge on any atom is 0.222 e. The summed E-state index contributed by atoms with van der Waals surface area (Å²) in [4.78, 5) is 14.0. The Labute approximate surface area is 125 Å². The first-order valence-electron chi connectivity index (χ1n) is 7.46. The maximum atomic E-state index is 12.9. The van der Waals surface area contributed by atoms with Gasteiger partial charge in [0.1, 0.15) is 11.9 Å². The van der Waals surface area contributed by atoms with Gasteiger partial charge in [0.25, 0.3) is 0 Å². The summed E-state index contributed by atoms with van der Waals surface area (Å²) in [5.41, 5.74) is 6.60. The fourth-order valence-electron chi connectivity index (χ4n) is 2.49. The lowest BCUT2D eigenvalue weighted by Crippen LogP contribution is -2.42.